The molecule has 2 aromatic rings. The van der Waals surface area contributed by atoms with Crippen molar-refractivity contribution in [3.05, 3.63) is 59.7 Å². The molecule has 3 N–H and O–H groups in total. The van der Waals surface area contributed by atoms with Crippen LogP contribution in [0.25, 0.3) is 0 Å². The number of amides is 1. The van der Waals surface area contributed by atoms with E-state index in [1.54, 1.807) is 12.0 Å². The van der Waals surface area contributed by atoms with Crippen molar-refractivity contribution in [1.82, 2.24) is 5.32 Å². The van der Waals surface area contributed by atoms with Gasteiger partial charge in [0.2, 0.25) is 0 Å². The summed E-state index contributed by atoms with van der Waals surface area (Å²) in [5.74, 6) is 1.85. The third-order valence-corrected chi connectivity index (χ3v) is 5.60. The van der Waals surface area contributed by atoms with Crippen molar-refractivity contribution in [2.45, 2.75) is 13.5 Å². The fourth-order valence-corrected chi connectivity index (χ4v) is 3.66. The molecule has 3 rings (SSSR count). The van der Waals surface area contributed by atoms with Crippen LogP contribution in [-0.4, -0.2) is 58.9 Å². The third kappa shape index (κ3) is 6.76. The van der Waals surface area contributed by atoms with Gasteiger partial charge in [0, 0.05) is 6.54 Å². The van der Waals surface area contributed by atoms with E-state index >= 15 is 0 Å². The average Bonchev–Trinajstić information content (AvgIpc) is 2.75. The molecule has 6 nitrogen and oxygen atoms in total. The number of hydrogen-bond acceptors (Lipinski definition) is 3. The Morgan fingerprint density at radius 2 is 1.62 bits per heavy atom. The molecule has 6 heteroatoms. The highest BCUT2D eigenvalue weighted by atomic mass is 16.5. The molecule has 1 aliphatic rings. The number of hydrogen-bond donors (Lipinski definition) is 3. The second kappa shape index (κ2) is 10.8. The predicted octanol–water partition coefficient (Wildman–Crippen LogP) is -0.518. The first-order chi connectivity index (χ1) is 14.1. The van der Waals surface area contributed by atoms with Gasteiger partial charge in [-0.25, -0.2) is 0 Å². The molecule has 0 aromatic heterocycles. The van der Waals surface area contributed by atoms with E-state index in [1.807, 2.05) is 36.4 Å². The molecular formula is C23H33N3O3+2. The number of rotatable bonds is 9. The van der Waals surface area contributed by atoms with E-state index in [4.69, 9.17) is 9.47 Å². The minimum absolute atomic E-state index is 0.134. The normalized spacial score (nSPS) is 18.8. The van der Waals surface area contributed by atoms with Gasteiger partial charge in [-0.05, 0) is 42.3 Å². The molecule has 0 unspecified atom stereocenters. The van der Waals surface area contributed by atoms with E-state index in [-0.39, 0.29) is 5.91 Å². The highest BCUT2D eigenvalue weighted by molar-refractivity contribution is 5.76. The van der Waals surface area contributed by atoms with Crippen molar-refractivity contribution in [3.63, 3.8) is 0 Å². The highest BCUT2D eigenvalue weighted by Crippen LogP contribution is 2.16. The molecule has 0 aliphatic carbocycles. The van der Waals surface area contributed by atoms with Crippen LogP contribution in [0.4, 0.5) is 0 Å². The van der Waals surface area contributed by atoms with E-state index in [1.165, 1.54) is 16.0 Å². The van der Waals surface area contributed by atoms with Gasteiger partial charge < -0.3 is 24.6 Å². The maximum atomic E-state index is 12.3. The molecule has 0 radical (unpaired) electrons. The van der Waals surface area contributed by atoms with Gasteiger partial charge in [-0.3, -0.25) is 4.79 Å². The number of quaternary nitrogens is 2. The van der Waals surface area contributed by atoms with Crippen molar-refractivity contribution < 1.29 is 24.1 Å². The van der Waals surface area contributed by atoms with E-state index in [9.17, 15) is 4.79 Å². The van der Waals surface area contributed by atoms with Crippen molar-refractivity contribution >= 4 is 5.91 Å². The summed E-state index contributed by atoms with van der Waals surface area (Å²) in [7, 11) is 1.66. The van der Waals surface area contributed by atoms with Crippen molar-refractivity contribution in [2.75, 3.05) is 53.0 Å². The maximum absolute atomic E-state index is 12.3. The van der Waals surface area contributed by atoms with Crippen LogP contribution >= 0.6 is 0 Å². The molecule has 156 valence electrons. The Kier molecular flexibility index (Phi) is 7.90. The smallest absolute Gasteiger partial charge is 0.275 e. The number of carbonyl (C=O) groups is 1. The Morgan fingerprint density at radius 1 is 0.966 bits per heavy atom. The van der Waals surface area contributed by atoms with E-state index in [2.05, 4.69) is 24.4 Å². The molecular weight excluding hydrogens is 366 g/mol. The number of carbonyl (C=O) groups excluding carboxylic acids is 1. The molecule has 0 saturated carbocycles. The summed E-state index contributed by atoms with van der Waals surface area (Å²) in [6, 6.07) is 15.9. The Labute approximate surface area is 173 Å². The molecule has 29 heavy (non-hydrogen) atoms. The molecule has 1 fully saturated rings. The molecule has 2 aromatic carbocycles. The lowest BCUT2D eigenvalue weighted by molar-refractivity contribution is -1.01. The topological polar surface area (TPSA) is 56.4 Å². The van der Waals surface area contributed by atoms with Crippen LogP contribution < -0.4 is 24.6 Å². The summed E-state index contributed by atoms with van der Waals surface area (Å²) in [6.07, 6.45) is 0. The second-order valence-corrected chi connectivity index (χ2v) is 7.65. The highest BCUT2D eigenvalue weighted by Gasteiger charge is 2.24. The van der Waals surface area contributed by atoms with Crippen LogP contribution in [0, 0.1) is 6.92 Å². The SMILES string of the molecule is COc1ccc(OCC[NH+]2CC[NH+](CC(=O)NCc3ccccc3C)CC2)cc1. The number of benzene rings is 2. The first-order valence-electron chi connectivity index (χ1n) is 10.4. The molecule has 1 aliphatic heterocycles. The zero-order valence-electron chi connectivity index (χ0n) is 17.5. The van der Waals surface area contributed by atoms with Crippen molar-refractivity contribution in [2.24, 2.45) is 0 Å². The minimum atomic E-state index is 0.134. The molecule has 0 atom stereocenters. The standard InChI is InChI=1S/C23H31N3O3/c1-19-5-3-4-6-20(19)17-24-23(27)18-26-13-11-25(12-14-26)15-16-29-22-9-7-21(28-2)8-10-22/h3-10H,11-18H2,1-2H3,(H,24,27)/p+2. The minimum Gasteiger partial charge on any atom is -0.497 e. The van der Waals surface area contributed by atoms with Crippen LogP contribution in [0.3, 0.4) is 0 Å². The van der Waals surface area contributed by atoms with Gasteiger partial charge in [-0.1, -0.05) is 24.3 Å². The zero-order chi connectivity index (χ0) is 20.5. The molecule has 1 saturated heterocycles. The lowest BCUT2D eigenvalue weighted by atomic mass is 10.1. The van der Waals surface area contributed by atoms with E-state index < -0.39 is 0 Å². The third-order valence-electron chi connectivity index (χ3n) is 5.60. The Hall–Kier alpha value is -2.57. The van der Waals surface area contributed by atoms with Crippen molar-refractivity contribution in [1.29, 1.82) is 0 Å². The first-order valence-corrected chi connectivity index (χ1v) is 10.4. The van der Waals surface area contributed by atoms with Crippen LogP contribution in [0.1, 0.15) is 11.1 Å². The van der Waals surface area contributed by atoms with Crippen LogP contribution in [0.15, 0.2) is 48.5 Å². The summed E-state index contributed by atoms with van der Waals surface area (Å²) >= 11 is 0. The van der Waals surface area contributed by atoms with Gasteiger partial charge in [0.25, 0.3) is 5.91 Å². The summed E-state index contributed by atoms with van der Waals surface area (Å²) in [6.45, 7) is 9.13. The number of nitrogens with one attached hydrogen (secondary N) is 3. The van der Waals surface area contributed by atoms with Gasteiger partial charge in [-0.15, -0.1) is 0 Å². The number of methoxy groups -OCH3 is 1. The van der Waals surface area contributed by atoms with Gasteiger partial charge in [-0.2, -0.15) is 0 Å². The van der Waals surface area contributed by atoms with Gasteiger partial charge >= 0.3 is 0 Å². The Balaban J connectivity index is 1.30. The van der Waals surface area contributed by atoms with Gasteiger partial charge in [0.05, 0.1) is 7.11 Å². The van der Waals surface area contributed by atoms with E-state index in [0.29, 0.717) is 19.7 Å². The number of ether oxygens (including phenoxy) is 2. The zero-order valence-corrected chi connectivity index (χ0v) is 17.5. The molecule has 1 amide bonds. The largest absolute Gasteiger partial charge is 0.497 e. The van der Waals surface area contributed by atoms with Gasteiger partial charge in [0.15, 0.2) is 6.54 Å². The van der Waals surface area contributed by atoms with Gasteiger partial charge in [0.1, 0.15) is 50.8 Å². The number of aryl methyl sites for hydroxylation is 1. The van der Waals surface area contributed by atoms with E-state index in [0.717, 1.165) is 44.2 Å². The fraction of sp³-hybridized carbons (Fsp3) is 0.435. The summed E-state index contributed by atoms with van der Waals surface area (Å²) in [5.41, 5.74) is 2.40. The molecule has 1 heterocycles. The Morgan fingerprint density at radius 3 is 2.31 bits per heavy atom. The quantitative estimate of drug-likeness (QED) is 0.532. The maximum Gasteiger partial charge on any atom is 0.275 e. The fourth-order valence-electron chi connectivity index (χ4n) is 3.66. The molecule has 0 spiro atoms. The summed E-state index contributed by atoms with van der Waals surface area (Å²) in [5, 5.41) is 3.06. The van der Waals surface area contributed by atoms with Crippen LogP contribution in [0.5, 0.6) is 11.5 Å². The van der Waals surface area contributed by atoms with Crippen LogP contribution in [-0.2, 0) is 11.3 Å². The summed E-state index contributed by atoms with van der Waals surface area (Å²) < 4.78 is 11.0. The average molecular weight is 400 g/mol. The lowest BCUT2D eigenvalue weighted by Crippen LogP contribution is -3.28. The monoisotopic (exact) mass is 399 g/mol. The van der Waals surface area contributed by atoms with Crippen molar-refractivity contribution in [3.8, 4) is 11.5 Å². The lowest BCUT2D eigenvalue weighted by Gasteiger charge is -2.29. The molecule has 0 bridgehead atoms. The Bertz CT molecular complexity index is 771. The number of piperazine rings is 1. The second-order valence-electron chi connectivity index (χ2n) is 7.65. The first kappa shape index (κ1) is 21.1. The predicted molar refractivity (Wildman–Crippen MR) is 113 cm³/mol. The van der Waals surface area contributed by atoms with Crippen LogP contribution in [0.2, 0.25) is 0 Å². The summed E-state index contributed by atoms with van der Waals surface area (Å²) in [4.78, 5) is 15.2.